The largest absolute Gasteiger partial charge is 0.282 e. The van der Waals surface area contributed by atoms with Crippen LogP contribution in [0.1, 0.15) is 44.2 Å². The van der Waals surface area contributed by atoms with Gasteiger partial charge in [0.2, 0.25) is 0 Å². The highest BCUT2D eigenvalue weighted by Crippen LogP contribution is 2.36. The van der Waals surface area contributed by atoms with Crippen molar-refractivity contribution >= 4 is 10.2 Å². The Morgan fingerprint density at radius 1 is 1.05 bits per heavy atom. The molecule has 4 nitrogen and oxygen atoms in total. The topological polar surface area (TPSA) is 40.6 Å². The maximum atomic E-state index is 13.0. The first-order chi connectivity index (χ1) is 10.1. The number of benzene rings is 1. The second-order valence-electron chi connectivity index (χ2n) is 6.29. The second-order valence-corrected chi connectivity index (χ2v) is 8.17. The van der Waals surface area contributed by atoms with Crippen molar-refractivity contribution in [3.05, 3.63) is 35.9 Å². The number of hydrogen-bond acceptors (Lipinski definition) is 2. The molecule has 2 heterocycles. The van der Waals surface area contributed by atoms with Crippen LogP contribution in [0, 0.1) is 5.92 Å². The van der Waals surface area contributed by atoms with Crippen LogP contribution < -0.4 is 0 Å². The van der Waals surface area contributed by atoms with E-state index in [-0.39, 0.29) is 6.04 Å². The molecule has 2 fully saturated rings. The molecule has 21 heavy (non-hydrogen) atoms. The van der Waals surface area contributed by atoms with Gasteiger partial charge in [-0.25, -0.2) is 0 Å². The highest BCUT2D eigenvalue weighted by Gasteiger charge is 2.39. The van der Waals surface area contributed by atoms with Crippen molar-refractivity contribution in [2.75, 3.05) is 19.6 Å². The molecule has 1 aromatic carbocycles. The van der Waals surface area contributed by atoms with Crippen LogP contribution >= 0.6 is 0 Å². The lowest BCUT2D eigenvalue weighted by Gasteiger charge is -2.35. The van der Waals surface area contributed by atoms with Crippen molar-refractivity contribution in [1.82, 2.24) is 8.61 Å². The van der Waals surface area contributed by atoms with Gasteiger partial charge in [0, 0.05) is 19.6 Å². The van der Waals surface area contributed by atoms with E-state index in [0.29, 0.717) is 25.6 Å². The average molecular weight is 308 g/mol. The lowest BCUT2D eigenvalue weighted by molar-refractivity contribution is 0.254. The van der Waals surface area contributed by atoms with Gasteiger partial charge in [0.1, 0.15) is 0 Å². The Labute approximate surface area is 127 Å². The number of hydrogen-bond donors (Lipinski definition) is 0. The fraction of sp³-hybridized carbons (Fsp3) is 0.625. The van der Waals surface area contributed by atoms with Crippen LogP contribution in [-0.2, 0) is 10.2 Å². The predicted octanol–water partition coefficient (Wildman–Crippen LogP) is 2.80. The van der Waals surface area contributed by atoms with E-state index in [0.717, 1.165) is 31.2 Å². The van der Waals surface area contributed by atoms with Crippen LogP contribution in [0.15, 0.2) is 30.3 Å². The highest BCUT2D eigenvalue weighted by atomic mass is 32.2. The maximum Gasteiger partial charge on any atom is 0.282 e. The molecule has 0 unspecified atom stereocenters. The van der Waals surface area contributed by atoms with Crippen molar-refractivity contribution in [1.29, 1.82) is 0 Å². The molecular weight excluding hydrogens is 284 g/mol. The Morgan fingerprint density at radius 2 is 1.76 bits per heavy atom. The van der Waals surface area contributed by atoms with Gasteiger partial charge in [-0.3, -0.25) is 0 Å². The van der Waals surface area contributed by atoms with Crippen LogP contribution in [0.5, 0.6) is 0 Å². The molecule has 0 spiro atoms. The zero-order valence-corrected chi connectivity index (χ0v) is 13.4. The molecular formula is C16H24N2O2S. The van der Waals surface area contributed by atoms with E-state index in [4.69, 9.17) is 0 Å². The smallest absolute Gasteiger partial charge is 0.195 e. The molecule has 2 aliphatic rings. The summed E-state index contributed by atoms with van der Waals surface area (Å²) < 4.78 is 29.4. The molecule has 2 aliphatic heterocycles. The van der Waals surface area contributed by atoms with Crippen LogP contribution in [0.4, 0.5) is 0 Å². The van der Waals surface area contributed by atoms with E-state index in [1.165, 1.54) is 0 Å². The molecule has 5 heteroatoms. The van der Waals surface area contributed by atoms with Gasteiger partial charge in [0.15, 0.2) is 0 Å². The Hall–Kier alpha value is -0.910. The zero-order chi connectivity index (χ0) is 14.9. The van der Waals surface area contributed by atoms with Gasteiger partial charge < -0.3 is 0 Å². The third kappa shape index (κ3) is 3.00. The highest BCUT2D eigenvalue weighted by molar-refractivity contribution is 7.86. The van der Waals surface area contributed by atoms with Gasteiger partial charge >= 0.3 is 0 Å². The molecule has 0 aliphatic carbocycles. The lowest BCUT2D eigenvalue weighted by atomic mass is 10.0. The van der Waals surface area contributed by atoms with E-state index in [9.17, 15) is 8.42 Å². The van der Waals surface area contributed by atoms with Gasteiger partial charge in [0.25, 0.3) is 10.2 Å². The average Bonchev–Trinajstić information content (AvgIpc) is 2.98. The molecule has 3 rings (SSSR count). The minimum atomic E-state index is -3.33. The normalized spacial score (nSPS) is 28.8. The minimum absolute atomic E-state index is 0.00781. The Bertz CT molecular complexity index is 573. The molecule has 0 N–H and O–H groups in total. The molecule has 0 amide bonds. The standard InChI is InChI=1S/C16H24N2O2S/c1-14-7-5-11-17(13-14)21(19,20)18-12-6-10-16(18)15-8-3-2-4-9-15/h2-4,8-9,14,16H,5-7,10-13H2,1H3/t14-,16+/m1/s1. The maximum absolute atomic E-state index is 13.0. The first-order valence-corrected chi connectivity index (χ1v) is 9.30. The first kappa shape index (κ1) is 15.0. The van der Waals surface area contributed by atoms with Gasteiger partial charge in [-0.2, -0.15) is 17.0 Å². The summed E-state index contributed by atoms with van der Waals surface area (Å²) >= 11 is 0. The molecule has 2 atom stereocenters. The van der Waals surface area contributed by atoms with Gasteiger partial charge in [0.05, 0.1) is 6.04 Å². The van der Waals surface area contributed by atoms with Crippen molar-refractivity contribution in [2.45, 2.75) is 38.6 Å². The fourth-order valence-corrected chi connectivity index (χ4v) is 5.54. The van der Waals surface area contributed by atoms with E-state index in [2.05, 4.69) is 6.92 Å². The van der Waals surface area contributed by atoms with E-state index in [1.807, 2.05) is 30.3 Å². The van der Waals surface area contributed by atoms with Crippen molar-refractivity contribution in [3.8, 4) is 0 Å². The fourth-order valence-electron chi connectivity index (χ4n) is 3.53. The summed E-state index contributed by atoms with van der Waals surface area (Å²) in [6, 6.07) is 10.0. The van der Waals surface area contributed by atoms with Crippen LogP contribution in [-0.4, -0.2) is 36.7 Å². The number of rotatable bonds is 3. The Balaban J connectivity index is 1.84. The molecule has 0 saturated carbocycles. The van der Waals surface area contributed by atoms with Gasteiger partial charge in [-0.15, -0.1) is 0 Å². The van der Waals surface area contributed by atoms with Crippen LogP contribution in [0.25, 0.3) is 0 Å². The quantitative estimate of drug-likeness (QED) is 0.861. The summed E-state index contributed by atoms with van der Waals surface area (Å²) in [5.74, 6) is 0.464. The van der Waals surface area contributed by atoms with Crippen LogP contribution in [0.2, 0.25) is 0 Å². The van der Waals surface area contributed by atoms with Gasteiger partial charge in [-0.05, 0) is 37.2 Å². The van der Waals surface area contributed by atoms with Crippen molar-refractivity contribution < 1.29 is 8.42 Å². The SMILES string of the molecule is C[C@@H]1CCCN(S(=O)(=O)N2CCC[C@H]2c2ccccc2)C1. The minimum Gasteiger partial charge on any atom is -0.195 e. The molecule has 2 saturated heterocycles. The summed E-state index contributed by atoms with van der Waals surface area (Å²) in [7, 11) is -3.33. The monoisotopic (exact) mass is 308 g/mol. The summed E-state index contributed by atoms with van der Waals surface area (Å²) in [6.45, 7) is 4.12. The summed E-state index contributed by atoms with van der Waals surface area (Å²) in [5.41, 5.74) is 1.11. The third-order valence-electron chi connectivity index (χ3n) is 4.63. The molecule has 1 aromatic rings. The third-order valence-corrected chi connectivity index (χ3v) is 6.64. The summed E-state index contributed by atoms with van der Waals surface area (Å²) in [6.07, 6.45) is 3.98. The first-order valence-electron chi connectivity index (χ1n) is 7.91. The van der Waals surface area contributed by atoms with Crippen molar-refractivity contribution in [2.24, 2.45) is 5.92 Å². The van der Waals surface area contributed by atoms with E-state index >= 15 is 0 Å². The second kappa shape index (κ2) is 6.07. The van der Waals surface area contributed by atoms with Crippen LogP contribution in [0.3, 0.4) is 0 Å². The number of piperidine rings is 1. The Morgan fingerprint density at radius 3 is 2.48 bits per heavy atom. The summed E-state index contributed by atoms with van der Waals surface area (Å²) in [5, 5.41) is 0. The zero-order valence-electron chi connectivity index (χ0n) is 12.6. The molecule has 0 bridgehead atoms. The molecule has 0 aromatic heterocycles. The van der Waals surface area contributed by atoms with Crippen molar-refractivity contribution in [3.63, 3.8) is 0 Å². The molecule has 116 valence electrons. The van der Waals surface area contributed by atoms with Gasteiger partial charge in [-0.1, -0.05) is 37.3 Å². The predicted molar refractivity (Wildman–Crippen MR) is 84.0 cm³/mol. The molecule has 0 radical (unpaired) electrons. The number of nitrogens with zero attached hydrogens (tertiary/aromatic N) is 2. The summed E-state index contributed by atoms with van der Waals surface area (Å²) in [4.78, 5) is 0. The van der Waals surface area contributed by atoms with E-state index < -0.39 is 10.2 Å². The lowest BCUT2D eigenvalue weighted by Crippen LogP contribution is -2.47. The Kier molecular flexibility index (Phi) is 4.33. The van der Waals surface area contributed by atoms with E-state index in [1.54, 1.807) is 8.61 Å².